The Hall–Kier alpha value is -2.66. The standard InChI is InChI=1S/C14H14F6N2O4/c1-22(7-6-10(23)24)12(25)21-11(13(15,16)17)8-2-4-9(5-3-8)26-14(18,19)20/h2-5,11H,6-7H2,1H3,(H,21,25)(H,23,24). The molecule has 0 fully saturated rings. The van der Waals surface area contributed by atoms with E-state index >= 15 is 0 Å². The molecule has 1 rings (SSSR count). The minimum absolute atomic E-state index is 0.329. The Morgan fingerprint density at radius 3 is 2.12 bits per heavy atom. The summed E-state index contributed by atoms with van der Waals surface area (Å²) in [6.45, 7) is -0.329. The minimum atomic E-state index is -4.99. The van der Waals surface area contributed by atoms with E-state index in [1.54, 1.807) is 5.32 Å². The molecule has 0 saturated carbocycles. The molecule has 1 unspecified atom stereocenters. The molecular weight excluding hydrogens is 374 g/mol. The van der Waals surface area contributed by atoms with Crippen molar-refractivity contribution < 1.29 is 45.8 Å². The van der Waals surface area contributed by atoms with E-state index < -0.39 is 48.3 Å². The molecular formula is C14H14F6N2O4. The van der Waals surface area contributed by atoms with Crippen molar-refractivity contribution in [1.29, 1.82) is 0 Å². The van der Waals surface area contributed by atoms with Gasteiger partial charge in [-0.05, 0) is 17.7 Å². The smallest absolute Gasteiger partial charge is 0.481 e. The van der Waals surface area contributed by atoms with Gasteiger partial charge in [-0.3, -0.25) is 4.79 Å². The van der Waals surface area contributed by atoms with Gasteiger partial charge in [0.2, 0.25) is 0 Å². The lowest BCUT2D eigenvalue weighted by Gasteiger charge is -2.25. The third-order valence-electron chi connectivity index (χ3n) is 3.05. The highest BCUT2D eigenvalue weighted by molar-refractivity contribution is 5.75. The van der Waals surface area contributed by atoms with Crippen LogP contribution in [0.4, 0.5) is 31.1 Å². The molecule has 12 heteroatoms. The number of nitrogens with one attached hydrogen (secondary N) is 1. The highest BCUT2D eigenvalue weighted by Gasteiger charge is 2.42. The van der Waals surface area contributed by atoms with Crippen molar-refractivity contribution in [2.45, 2.75) is 25.0 Å². The lowest BCUT2D eigenvalue weighted by atomic mass is 10.1. The zero-order valence-electron chi connectivity index (χ0n) is 13.2. The predicted molar refractivity (Wildman–Crippen MR) is 75.3 cm³/mol. The van der Waals surface area contributed by atoms with Gasteiger partial charge in [-0.15, -0.1) is 13.2 Å². The second-order valence-electron chi connectivity index (χ2n) is 5.11. The molecule has 2 N–H and O–H groups in total. The van der Waals surface area contributed by atoms with E-state index in [9.17, 15) is 35.9 Å². The maximum Gasteiger partial charge on any atom is 0.573 e. The summed E-state index contributed by atoms with van der Waals surface area (Å²) in [6, 6.07) is -0.858. The number of aliphatic carboxylic acids is 1. The van der Waals surface area contributed by atoms with E-state index in [0.29, 0.717) is 12.1 Å². The van der Waals surface area contributed by atoms with E-state index in [4.69, 9.17) is 5.11 Å². The van der Waals surface area contributed by atoms with Gasteiger partial charge in [0, 0.05) is 13.6 Å². The van der Waals surface area contributed by atoms with Crippen LogP contribution in [-0.2, 0) is 4.79 Å². The van der Waals surface area contributed by atoms with E-state index in [-0.39, 0.29) is 6.54 Å². The van der Waals surface area contributed by atoms with Crippen molar-refractivity contribution in [2.75, 3.05) is 13.6 Å². The Bertz CT molecular complexity index is 630. The predicted octanol–water partition coefficient (Wildman–Crippen LogP) is 3.30. The Morgan fingerprint density at radius 1 is 1.15 bits per heavy atom. The number of hydrogen-bond donors (Lipinski definition) is 2. The number of halogens is 6. The Kier molecular flexibility index (Phi) is 6.70. The monoisotopic (exact) mass is 388 g/mol. The first kappa shape index (κ1) is 21.4. The van der Waals surface area contributed by atoms with Gasteiger partial charge in [0.05, 0.1) is 6.42 Å². The maximum atomic E-state index is 13.2. The molecule has 0 saturated heterocycles. The first-order valence-electron chi connectivity index (χ1n) is 6.95. The van der Waals surface area contributed by atoms with Gasteiger partial charge in [-0.2, -0.15) is 13.2 Å². The molecule has 1 atom stereocenters. The van der Waals surface area contributed by atoms with E-state index in [0.717, 1.165) is 24.1 Å². The first-order chi connectivity index (χ1) is 11.8. The van der Waals surface area contributed by atoms with Gasteiger partial charge in [-0.25, -0.2) is 4.79 Å². The minimum Gasteiger partial charge on any atom is -0.481 e. The number of urea groups is 1. The van der Waals surface area contributed by atoms with Crippen LogP contribution < -0.4 is 10.1 Å². The summed E-state index contributed by atoms with van der Waals surface area (Å²) in [6.07, 6.45) is -10.4. The molecule has 0 aliphatic carbocycles. The number of carboxylic acid groups (broad SMARTS) is 1. The van der Waals surface area contributed by atoms with Crippen LogP contribution in [0.2, 0.25) is 0 Å². The van der Waals surface area contributed by atoms with Gasteiger partial charge in [0.1, 0.15) is 5.75 Å². The number of rotatable bonds is 6. The van der Waals surface area contributed by atoms with Crippen molar-refractivity contribution in [3.8, 4) is 5.75 Å². The molecule has 1 aromatic rings. The number of alkyl halides is 6. The summed E-state index contributed by atoms with van der Waals surface area (Å²) in [7, 11) is 1.10. The van der Waals surface area contributed by atoms with Crippen LogP contribution in [0.5, 0.6) is 5.75 Å². The molecule has 0 bridgehead atoms. The fraction of sp³-hybridized carbons (Fsp3) is 0.429. The third-order valence-corrected chi connectivity index (χ3v) is 3.05. The van der Waals surface area contributed by atoms with Gasteiger partial charge < -0.3 is 20.1 Å². The molecule has 146 valence electrons. The molecule has 0 aliphatic heterocycles. The van der Waals surface area contributed by atoms with Gasteiger partial charge in [-0.1, -0.05) is 12.1 Å². The van der Waals surface area contributed by atoms with Gasteiger partial charge >= 0.3 is 24.5 Å². The summed E-state index contributed by atoms with van der Waals surface area (Å²) in [5.41, 5.74) is -0.521. The van der Waals surface area contributed by atoms with Crippen molar-refractivity contribution in [3.63, 3.8) is 0 Å². The molecule has 0 spiro atoms. The van der Waals surface area contributed by atoms with E-state index in [1.807, 2.05) is 0 Å². The molecule has 26 heavy (non-hydrogen) atoms. The number of carbonyl (C=O) groups excluding carboxylic acids is 1. The molecule has 1 aromatic carbocycles. The van der Waals surface area contributed by atoms with E-state index in [1.165, 1.54) is 0 Å². The number of hydrogen-bond acceptors (Lipinski definition) is 3. The van der Waals surface area contributed by atoms with Crippen molar-refractivity contribution >= 4 is 12.0 Å². The number of nitrogens with zero attached hydrogens (tertiary/aromatic N) is 1. The fourth-order valence-electron chi connectivity index (χ4n) is 1.81. The highest BCUT2D eigenvalue weighted by Crippen LogP contribution is 2.34. The third kappa shape index (κ3) is 7.07. The van der Waals surface area contributed by atoms with Gasteiger partial charge in [0.15, 0.2) is 6.04 Å². The number of carbonyl (C=O) groups is 2. The molecule has 0 radical (unpaired) electrons. The largest absolute Gasteiger partial charge is 0.573 e. The van der Waals surface area contributed by atoms with Crippen LogP contribution in [0.25, 0.3) is 0 Å². The molecule has 0 heterocycles. The molecule has 2 amide bonds. The number of benzene rings is 1. The quantitative estimate of drug-likeness (QED) is 0.733. The Morgan fingerprint density at radius 2 is 1.69 bits per heavy atom. The zero-order valence-corrected chi connectivity index (χ0v) is 13.2. The van der Waals surface area contributed by atoms with Crippen LogP contribution in [0.3, 0.4) is 0 Å². The van der Waals surface area contributed by atoms with Crippen LogP contribution in [0.15, 0.2) is 24.3 Å². The normalized spacial score (nSPS) is 13.0. The maximum absolute atomic E-state index is 13.2. The lowest BCUT2D eigenvalue weighted by molar-refractivity contribution is -0.274. The van der Waals surface area contributed by atoms with Crippen LogP contribution in [0.1, 0.15) is 18.0 Å². The average Bonchev–Trinajstić information content (AvgIpc) is 2.48. The topological polar surface area (TPSA) is 78.9 Å². The first-order valence-corrected chi connectivity index (χ1v) is 6.95. The second kappa shape index (κ2) is 8.15. The summed E-state index contributed by atoms with van der Waals surface area (Å²) >= 11 is 0. The summed E-state index contributed by atoms with van der Waals surface area (Å²) < 4.78 is 79.3. The Labute approximate surface area is 143 Å². The zero-order chi connectivity index (χ0) is 20.1. The van der Waals surface area contributed by atoms with E-state index in [2.05, 4.69) is 4.74 Å². The highest BCUT2D eigenvalue weighted by atomic mass is 19.4. The number of carboxylic acids is 1. The summed E-state index contributed by atoms with van der Waals surface area (Å²) in [4.78, 5) is 23.0. The van der Waals surface area contributed by atoms with Crippen molar-refractivity contribution in [2.24, 2.45) is 0 Å². The van der Waals surface area contributed by atoms with Crippen LogP contribution in [0, 0.1) is 0 Å². The summed E-state index contributed by atoms with van der Waals surface area (Å²) in [5, 5.41) is 10.2. The Balaban J connectivity index is 2.91. The van der Waals surface area contributed by atoms with Crippen LogP contribution in [-0.4, -0.2) is 48.1 Å². The fourth-order valence-corrected chi connectivity index (χ4v) is 1.81. The molecule has 0 aromatic heterocycles. The summed E-state index contributed by atoms with van der Waals surface area (Å²) in [5.74, 6) is -1.95. The molecule has 6 nitrogen and oxygen atoms in total. The number of ether oxygens (including phenoxy) is 1. The van der Waals surface area contributed by atoms with Crippen LogP contribution >= 0.6 is 0 Å². The lowest BCUT2D eigenvalue weighted by Crippen LogP contribution is -2.44. The van der Waals surface area contributed by atoms with Crippen molar-refractivity contribution in [1.82, 2.24) is 10.2 Å². The second-order valence-corrected chi connectivity index (χ2v) is 5.11. The molecule has 0 aliphatic rings. The van der Waals surface area contributed by atoms with Gasteiger partial charge in [0.25, 0.3) is 0 Å². The number of amides is 2. The average molecular weight is 388 g/mol. The SMILES string of the molecule is CN(CCC(=O)O)C(=O)NC(c1ccc(OC(F)(F)F)cc1)C(F)(F)F. The van der Waals surface area contributed by atoms with Crippen molar-refractivity contribution in [3.05, 3.63) is 29.8 Å².